The third-order valence-corrected chi connectivity index (χ3v) is 9.91. The first-order valence-corrected chi connectivity index (χ1v) is 13.1. The maximum atomic E-state index is 13.1. The summed E-state index contributed by atoms with van der Waals surface area (Å²) in [5.74, 6) is 0.140. The van der Waals surface area contributed by atoms with E-state index < -0.39 is 27.7 Å². The van der Waals surface area contributed by atoms with Crippen molar-refractivity contribution in [2.24, 2.45) is 5.92 Å². The summed E-state index contributed by atoms with van der Waals surface area (Å²) >= 11 is 6.96. The summed E-state index contributed by atoms with van der Waals surface area (Å²) < 4.78 is 34.8. The molecule has 2 N–H and O–H groups in total. The molecule has 2 bridgehead atoms. The summed E-state index contributed by atoms with van der Waals surface area (Å²) in [5.41, 5.74) is -0.680. The number of fused-ring (bicyclic) bond motifs is 2. The molecule has 172 valence electrons. The Morgan fingerprint density at radius 3 is 2.87 bits per heavy atom. The van der Waals surface area contributed by atoms with Crippen molar-refractivity contribution in [1.29, 1.82) is 0 Å². The number of nitrogens with one attached hydrogen (secondary N) is 2. The first-order chi connectivity index (χ1) is 14.8. The number of halogens is 1. The molecular formula is C19H27ClN4O5S2. The molecule has 0 aromatic carbocycles. The highest BCUT2D eigenvalue weighted by atomic mass is 35.5. The predicted octanol–water partition coefficient (Wildman–Crippen LogP) is 2.47. The highest BCUT2D eigenvalue weighted by Gasteiger charge is 2.57. The molecular weight excluding hydrogens is 464 g/mol. The lowest BCUT2D eigenvalue weighted by atomic mass is 9.77. The van der Waals surface area contributed by atoms with Gasteiger partial charge in [-0.2, -0.15) is 0 Å². The van der Waals surface area contributed by atoms with Gasteiger partial charge in [0.25, 0.3) is 0 Å². The van der Waals surface area contributed by atoms with Gasteiger partial charge >= 0.3 is 12.1 Å². The fraction of sp³-hybridized carbons (Fsp3) is 0.684. The fourth-order valence-corrected chi connectivity index (χ4v) is 8.20. The number of rotatable bonds is 7. The van der Waals surface area contributed by atoms with E-state index in [0.29, 0.717) is 36.8 Å². The number of ether oxygens (including phenoxy) is 1. The molecule has 0 radical (unpaired) electrons. The minimum absolute atomic E-state index is 0.140. The van der Waals surface area contributed by atoms with Crippen LogP contribution in [0.5, 0.6) is 0 Å². The molecule has 4 rings (SSSR count). The van der Waals surface area contributed by atoms with Gasteiger partial charge in [-0.25, -0.2) is 22.7 Å². The zero-order valence-electron chi connectivity index (χ0n) is 17.3. The zero-order valence-corrected chi connectivity index (χ0v) is 19.7. The second-order valence-electron chi connectivity index (χ2n) is 8.29. The quantitative estimate of drug-likeness (QED) is 0.610. The molecule has 3 fully saturated rings. The minimum atomic E-state index is -3.78. The highest BCUT2D eigenvalue weighted by molar-refractivity contribution is 7.91. The number of hydrogen-bond acceptors (Lipinski definition) is 6. The Balaban J connectivity index is 1.61. The van der Waals surface area contributed by atoms with Crippen LogP contribution in [0.15, 0.2) is 16.3 Å². The molecule has 3 atom stereocenters. The van der Waals surface area contributed by atoms with Crippen molar-refractivity contribution in [3.8, 4) is 0 Å². The van der Waals surface area contributed by atoms with Crippen molar-refractivity contribution in [2.45, 2.75) is 47.9 Å². The Morgan fingerprint density at radius 1 is 1.42 bits per heavy atom. The van der Waals surface area contributed by atoms with Crippen molar-refractivity contribution >= 4 is 45.1 Å². The molecule has 1 aromatic heterocycles. The summed E-state index contributed by atoms with van der Waals surface area (Å²) in [5, 5.41) is 2.76. The molecule has 31 heavy (non-hydrogen) atoms. The maximum Gasteiger partial charge on any atom is 0.410 e. The van der Waals surface area contributed by atoms with Crippen molar-refractivity contribution in [3.63, 3.8) is 0 Å². The number of urea groups is 1. The Kier molecular flexibility index (Phi) is 6.39. The SMILES string of the molecule is COC(=O)N(CCN1CCNC1=O)[C@@]12CCC[C@@H](CC1)[C@@H]2NS(=O)(=O)c1ccc(Cl)s1. The van der Waals surface area contributed by atoms with Gasteiger partial charge in [0.05, 0.1) is 17.0 Å². The van der Waals surface area contributed by atoms with Gasteiger partial charge in [-0.15, -0.1) is 11.3 Å². The topological polar surface area (TPSA) is 108 Å². The predicted molar refractivity (Wildman–Crippen MR) is 117 cm³/mol. The molecule has 3 amide bonds. The summed E-state index contributed by atoms with van der Waals surface area (Å²) in [4.78, 5) is 28.1. The van der Waals surface area contributed by atoms with Gasteiger partial charge < -0.3 is 15.0 Å². The van der Waals surface area contributed by atoms with Gasteiger partial charge in [-0.05, 0) is 43.7 Å². The lowest BCUT2D eigenvalue weighted by molar-refractivity contribution is 0.0292. The molecule has 12 heteroatoms. The van der Waals surface area contributed by atoms with E-state index in [0.717, 1.165) is 30.6 Å². The summed E-state index contributed by atoms with van der Waals surface area (Å²) in [6.07, 6.45) is 3.52. The second-order valence-corrected chi connectivity index (χ2v) is 11.9. The van der Waals surface area contributed by atoms with E-state index in [-0.39, 0.29) is 22.7 Å². The van der Waals surface area contributed by atoms with E-state index in [9.17, 15) is 18.0 Å². The number of nitrogens with zero attached hydrogens (tertiary/aromatic N) is 2. The molecule has 1 aliphatic heterocycles. The average Bonchev–Trinajstić information content (AvgIpc) is 3.39. The normalized spacial score (nSPS) is 27.9. The van der Waals surface area contributed by atoms with Crippen LogP contribution in [0.2, 0.25) is 4.34 Å². The van der Waals surface area contributed by atoms with Crippen molar-refractivity contribution in [3.05, 3.63) is 16.5 Å². The van der Waals surface area contributed by atoms with Crippen LogP contribution in [-0.4, -0.2) is 75.2 Å². The average molecular weight is 491 g/mol. The third kappa shape index (κ3) is 4.24. The van der Waals surface area contributed by atoms with Crippen LogP contribution in [0.4, 0.5) is 9.59 Å². The Morgan fingerprint density at radius 2 is 2.23 bits per heavy atom. The molecule has 2 heterocycles. The van der Waals surface area contributed by atoms with Crippen LogP contribution >= 0.6 is 22.9 Å². The van der Waals surface area contributed by atoms with Crippen LogP contribution in [0, 0.1) is 5.92 Å². The number of methoxy groups -OCH3 is 1. The van der Waals surface area contributed by atoms with Crippen LogP contribution in [0.25, 0.3) is 0 Å². The Labute approximate surface area is 191 Å². The number of thiophene rings is 1. The number of sulfonamides is 1. The largest absolute Gasteiger partial charge is 0.453 e. The molecule has 3 aliphatic rings. The first-order valence-electron chi connectivity index (χ1n) is 10.4. The minimum Gasteiger partial charge on any atom is -0.453 e. The van der Waals surface area contributed by atoms with Crippen LogP contribution in [0.3, 0.4) is 0 Å². The molecule has 2 saturated carbocycles. The van der Waals surface area contributed by atoms with E-state index in [1.165, 1.54) is 13.2 Å². The van der Waals surface area contributed by atoms with Gasteiger partial charge in [0.15, 0.2) is 0 Å². The van der Waals surface area contributed by atoms with Crippen molar-refractivity contribution in [1.82, 2.24) is 19.8 Å². The Bertz CT molecular complexity index is 951. The van der Waals surface area contributed by atoms with Crippen molar-refractivity contribution < 1.29 is 22.7 Å². The van der Waals surface area contributed by atoms with Crippen LogP contribution in [0.1, 0.15) is 32.1 Å². The molecule has 1 saturated heterocycles. The number of amides is 3. The van der Waals surface area contributed by atoms with Gasteiger partial charge in [0, 0.05) is 32.2 Å². The Hall–Kier alpha value is -1.56. The summed E-state index contributed by atoms with van der Waals surface area (Å²) in [7, 11) is -2.45. The van der Waals surface area contributed by atoms with E-state index in [2.05, 4.69) is 10.0 Å². The lowest BCUT2D eigenvalue weighted by Gasteiger charge is -2.48. The van der Waals surface area contributed by atoms with Gasteiger partial charge in [-0.3, -0.25) is 4.90 Å². The number of carbonyl (C=O) groups is 2. The summed E-state index contributed by atoms with van der Waals surface area (Å²) in [6, 6.07) is 2.49. The van der Waals surface area contributed by atoms with Crippen molar-refractivity contribution in [2.75, 3.05) is 33.3 Å². The number of hydrogen-bond donors (Lipinski definition) is 2. The van der Waals surface area contributed by atoms with E-state index in [4.69, 9.17) is 16.3 Å². The molecule has 2 aliphatic carbocycles. The molecule has 9 nitrogen and oxygen atoms in total. The van der Waals surface area contributed by atoms with E-state index in [1.807, 2.05) is 0 Å². The van der Waals surface area contributed by atoms with E-state index in [1.54, 1.807) is 15.9 Å². The standard InChI is InChI=1S/C19H27ClN4O5S2/c1-29-18(26)24(12-11-23-10-9-21-17(23)25)19-7-2-3-13(6-8-19)16(19)22-31(27,28)15-5-4-14(20)30-15/h4-5,13,16,22H,2-3,6-12H2,1H3,(H,21,25)/t13-,16-,19-/m0/s1. The smallest absolute Gasteiger partial charge is 0.410 e. The summed E-state index contributed by atoms with van der Waals surface area (Å²) in [6.45, 7) is 1.82. The second kappa shape index (κ2) is 8.76. The number of carbonyl (C=O) groups excluding carboxylic acids is 2. The van der Waals surface area contributed by atoms with E-state index >= 15 is 0 Å². The lowest BCUT2D eigenvalue weighted by Crippen LogP contribution is -2.64. The molecule has 0 unspecified atom stereocenters. The molecule has 1 aromatic rings. The maximum absolute atomic E-state index is 13.1. The monoisotopic (exact) mass is 490 g/mol. The third-order valence-electron chi connectivity index (χ3n) is 6.75. The zero-order chi connectivity index (χ0) is 22.2. The van der Waals surface area contributed by atoms with Gasteiger partial charge in [0.1, 0.15) is 4.21 Å². The first kappa shape index (κ1) is 22.6. The van der Waals surface area contributed by atoms with Gasteiger partial charge in [0.2, 0.25) is 10.0 Å². The van der Waals surface area contributed by atoms with Gasteiger partial charge in [-0.1, -0.05) is 18.0 Å². The highest BCUT2D eigenvalue weighted by Crippen LogP contribution is 2.49. The van der Waals surface area contributed by atoms with Crippen LogP contribution in [-0.2, 0) is 14.8 Å². The van der Waals surface area contributed by atoms with Crippen LogP contribution < -0.4 is 10.0 Å². The molecule has 0 spiro atoms. The fourth-order valence-electron chi connectivity index (χ4n) is 5.32.